The highest BCUT2D eigenvalue weighted by Gasteiger charge is 2.28. The molecule has 0 aliphatic heterocycles. The maximum atomic E-state index is 14.8. The van der Waals surface area contributed by atoms with E-state index in [2.05, 4.69) is 219 Å². The van der Waals surface area contributed by atoms with Gasteiger partial charge in [0.05, 0.1) is 59.5 Å². The fourth-order valence-electron chi connectivity index (χ4n) is 18.4. The molecule has 0 saturated carbocycles. The minimum atomic E-state index is -0.615. The number of ether oxygens (including phenoxy) is 9. The highest BCUT2D eigenvalue weighted by atomic mass is 16.6. The predicted molar refractivity (Wildman–Crippen MR) is 611 cm³/mol. The zero-order valence-corrected chi connectivity index (χ0v) is 98.3. The molecule has 21 heteroatoms. The predicted octanol–water partition coefficient (Wildman–Crippen LogP) is 31.2. The van der Waals surface area contributed by atoms with Gasteiger partial charge in [-0.1, -0.05) is 360 Å². The van der Waals surface area contributed by atoms with Crippen LogP contribution in [0.3, 0.4) is 0 Å². The topological polar surface area (TPSA) is 258 Å². The highest BCUT2D eigenvalue weighted by Crippen LogP contribution is 2.44. The van der Waals surface area contributed by atoms with Crippen LogP contribution in [-0.4, -0.2) is 134 Å². The fraction of sp³-hybridized carbons (Fsp3) is 0.762. The molecule has 4 aromatic rings. The number of carbonyl (C=O) groups excluding carboxylic acids is 6. The number of nitrogens with one attached hydrogen (secondary N) is 6. The van der Waals surface area contributed by atoms with Crippen LogP contribution in [0.25, 0.3) is 0 Å². The van der Waals surface area contributed by atoms with Gasteiger partial charge in [-0.2, -0.15) is 0 Å². The molecule has 840 valence electrons. The van der Waals surface area contributed by atoms with Crippen molar-refractivity contribution < 1.29 is 71.4 Å². The molecule has 0 aliphatic carbocycles. The van der Waals surface area contributed by atoms with Crippen molar-refractivity contribution >= 4 is 35.4 Å². The van der Waals surface area contributed by atoms with E-state index in [9.17, 15) is 28.8 Å². The van der Waals surface area contributed by atoms with Crippen LogP contribution >= 0.6 is 0 Å². The van der Waals surface area contributed by atoms with E-state index in [4.69, 9.17) is 42.6 Å². The lowest BCUT2D eigenvalue weighted by atomic mass is 9.97. The van der Waals surface area contributed by atoms with Gasteiger partial charge in [-0.3, -0.25) is 28.8 Å². The Labute approximate surface area is 896 Å². The number of amides is 6. The van der Waals surface area contributed by atoms with Crippen molar-refractivity contribution in [2.75, 3.05) is 98.7 Å². The molecule has 6 N–H and O–H groups in total. The van der Waals surface area contributed by atoms with Gasteiger partial charge in [-0.25, -0.2) is 0 Å². The Balaban J connectivity index is 1.78. The standard InChI is InChI=1S/C126H216N6O15/c1-88(2)37-28-46-97(19)55-70-139-112-82-109(83-113(140-71-56-98(20)47-29-38-89(3)4)118(112)145-76-61-103(25)52-34-43-94(13)14)124(136)130-67-64-127-121(133)106-79-107(122(134)128-65-68-131-125(137)110-84-114(141-72-57-99(21)48-30-39-90(5)6)119(146-77-62-104(26)53-35-44-95(15)16)115(85-110)142-73-58-100(22)49-31-40-91(7)8)81-108(80-106)123(135)129-66-69-132-126(138)111-86-116(143-74-59-101(23)50-32-41-92(9)10)120(147-78-63-105(27)54-36-45-96(17)18)117(87-111)144-75-60-102(24)51-33-42-93(11)12/h79-105H,28-78H2,1-27H3,(H,127,133)(H,128,134)(H,129,135)(H,130,136)(H,131,137)(H,132,138)/t97-,98-,99-,100-,101-,102-,103-,104-,105-/m0/s1. The van der Waals surface area contributed by atoms with Crippen LogP contribution in [0.5, 0.6) is 51.7 Å². The first kappa shape index (κ1) is 131. The van der Waals surface area contributed by atoms with E-state index < -0.39 is 35.4 Å². The van der Waals surface area contributed by atoms with Gasteiger partial charge in [0.2, 0.25) is 17.2 Å². The maximum Gasteiger partial charge on any atom is 0.251 e. The molecule has 0 aliphatic rings. The van der Waals surface area contributed by atoms with Crippen molar-refractivity contribution in [1.82, 2.24) is 31.9 Å². The van der Waals surface area contributed by atoms with E-state index >= 15 is 0 Å². The quantitative estimate of drug-likeness (QED) is 0.0225. The summed E-state index contributed by atoms with van der Waals surface area (Å²) in [7, 11) is 0. The third-order valence-corrected chi connectivity index (χ3v) is 28.7. The minimum absolute atomic E-state index is 0.000103. The molecule has 147 heavy (non-hydrogen) atoms. The number of hydrogen-bond acceptors (Lipinski definition) is 15. The van der Waals surface area contributed by atoms with Crippen LogP contribution in [-0.2, 0) is 0 Å². The van der Waals surface area contributed by atoms with Gasteiger partial charge in [0.15, 0.2) is 34.5 Å². The zero-order valence-electron chi connectivity index (χ0n) is 98.3. The van der Waals surface area contributed by atoms with Crippen LogP contribution in [0.1, 0.15) is 480 Å². The molecule has 0 aromatic heterocycles. The van der Waals surface area contributed by atoms with Crippen molar-refractivity contribution in [3.05, 3.63) is 88.0 Å². The zero-order chi connectivity index (χ0) is 109. The summed E-state index contributed by atoms with van der Waals surface area (Å²) >= 11 is 0. The second kappa shape index (κ2) is 76.4. The molecule has 21 nitrogen and oxygen atoms in total. The summed E-state index contributed by atoms with van der Waals surface area (Å²) in [6.45, 7) is 64.9. The van der Waals surface area contributed by atoms with Gasteiger partial charge in [0, 0.05) is 72.6 Å². The molecule has 0 unspecified atom stereocenters. The monoisotopic (exact) mass is 2050 g/mol. The van der Waals surface area contributed by atoms with Crippen LogP contribution in [0.15, 0.2) is 54.6 Å². The number of hydrogen-bond donors (Lipinski definition) is 6. The summed E-state index contributed by atoms with van der Waals surface area (Å²) in [5.74, 6) is 10.6. The van der Waals surface area contributed by atoms with Gasteiger partial charge >= 0.3 is 0 Å². The summed E-state index contributed by atoms with van der Waals surface area (Å²) in [6, 6.07) is 14.7. The SMILES string of the molecule is CC(C)CCC[C@H](C)CCOc1cc(C(=O)NCCNC(=O)c2cc(C(=O)NCCNC(=O)c3cc(OCC[C@@H](C)CCCC(C)C)c(OCC[C@@H](C)CCCC(C)C)c(OCC[C@@H](C)CCCC(C)C)c3)cc(C(=O)NCCNC(=O)c3cc(OCC[C@@H](C)CCCC(C)C)c(OCC[C@@H](C)CCCC(C)C)c(OCC[C@@H](C)CCCC(C)C)c3)c2)cc(OCC[C@@H](C)CCCC(C)C)c1OCC[C@@H](C)CCCC(C)C. The summed E-state index contributed by atoms with van der Waals surface area (Å²) in [5.41, 5.74) is 0.913. The highest BCUT2D eigenvalue weighted by molar-refractivity contribution is 6.05. The Bertz CT molecular complexity index is 3660. The van der Waals surface area contributed by atoms with Crippen molar-refractivity contribution in [1.29, 1.82) is 0 Å². The van der Waals surface area contributed by atoms with E-state index in [1.807, 2.05) is 0 Å². The normalized spacial score (nSPS) is 13.6. The molecular formula is C126H216N6O15. The van der Waals surface area contributed by atoms with Gasteiger partial charge < -0.3 is 74.5 Å². The summed E-state index contributed by atoms with van der Waals surface area (Å²) in [5, 5.41) is 17.9. The molecule has 0 bridgehead atoms. The Hall–Kier alpha value is -8.10. The first-order chi connectivity index (χ1) is 70.0. The Morgan fingerprint density at radius 3 is 0.401 bits per heavy atom. The molecule has 6 amide bonds. The number of benzene rings is 4. The molecule has 4 rings (SSSR count). The largest absolute Gasteiger partial charge is 0.490 e. The van der Waals surface area contributed by atoms with Crippen molar-refractivity contribution in [3.8, 4) is 51.7 Å². The van der Waals surface area contributed by atoms with Crippen LogP contribution in [0, 0.1) is 107 Å². The number of carbonyl (C=O) groups is 6. The van der Waals surface area contributed by atoms with Crippen LogP contribution in [0.4, 0.5) is 0 Å². The Kier molecular flexibility index (Phi) is 68.2. The van der Waals surface area contributed by atoms with Crippen molar-refractivity contribution in [2.24, 2.45) is 107 Å². The van der Waals surface area contributed by atoms with Crippen LogP contribution in [0.2, 0.25) is 0 Å². The second-order valence-corrected chi connectivity index (χ2v) is 48.3. The molecule has 0 fully saturated rings. The molecule has 0 saturated heterocycles. The summed E-state index contributed by atoms with van der Waals surface area (Å²) in [4.78, 5) is 88.3. The first-order valence-electron chi connectivity index (χ1n) is 59.1. The van der Waals surface area contributed by atoms with E-state index in [0.29, 0.717) is 234 Å². The summed E-state index contributed by atoms with van der Waals surface area (Å²) < 4.78 is 60.4. The average molecular weight is 2060 g/mol. The summed E-state index contributed by atoms with van der Waals surface area (Å²) in [6.07, 6.45) is 38.1. The van der Waals surface area contributed by atoms with E-state index in [-0.39, 0.29) is 56.0 Å². The molecule has 0 radical (unpaired) electrons. The number of rotatable bonds is 87. The Morgan fingerprint density at radius 1 is 0.163 bits per heavy atom. The van der Waals surface area contributed by atoms with Crippen molar-refractivity contribution in [3.63, 3.8) is 0 Å². The molecular weight excluding hydrogens is 1840 g/mol. The lowest BCUT2D eigenvalue weighted by molar-refractivity contribution is 0.0919. The van der Waals surface area contributed by atoms with Crippen molar-refractivity contribution in [2.45, 2.75) is 418 Å². The average Bonchev–Trinajstić information content (AvgIpc) is 0.815. The molecule has 9 atom stereocenters. The Morgan fingerprint density at radius 2 is 0.279 bits per heavy atom. The van der Waals surface area contributed by atoms with Gasteiger partial charge in [-0.05, 0) is 219 Å². The van der Waals surface area contributed by atoms with Gasteiger partial charge in [-0.15, -0.1) is 0 Å². The minimum Gasteiger partial charge on any atom is -0.490 e. The van der Waals surface area contributed by atoms with Crippen LogP contribution < -0.4 is 74.5 Å². The maximum absolute atomic E-state index is 14.8. The third-order valence-electron chi connectivity index (χ3n) is 28.7. The lowest BCUT2D eigenvalue weighted by Crippen LogP contribution is -2.36. The first-order valence-corrected chi connectivity index (χ1v) is 59.1. The van der Waals surface area contributed by atoms with Gasteiger partial charge in [0.25, 0.3) is 35.4 Å². The third kappa shape index (κ3) is 60.7. The molecule has 0 heterocycles. The fourth-order valence-corrected chi connectivity index (χ4v) is 18.4. The second-order valence-electron chi connectivity index (χ2n) is 48.3. The van der Waals surface area contributed by atoms with E-state index in [1.54, 1.807) is 36.4 Å². The molecule has 0 spiro atoms. The smallest absolute Gasteiger partial charge is 0.251 e. The van der Waals surface area contributed by atoms with E-state index in [0.717, 1.165) is 173 Å². The van der Waals surface area contributed by atoms with Gasteiger partial charge in [0.1, 0.15) is 0 Å². The lowest BCUT2D eigenvalue weighted by Gasteiger charge is -2.21. The molecule has 4 aromatic carbocycles. The van der Waals surface area contributed by atoms with E-state index in [1.165, 1.54) is 76.0 Å².